The normalized spacial score (nSPS) is 12.3. The highest BCUT2D eigenvalue weighted by Crippen LogP contribution is 2.16. The molecular weight excluding hydrogens is 236 g/mol. The van der Waals surface area contributed by atoms with Crippen LogP contribution in [-0.4, -0.2) is 33.2 Å². The average Bonchev–Trinajstić information content (AvgIpc) is 2.75. The molecule has 1 aromatic carbocycles. The van der Waals surface area contributed by atoms with E-state index in [-0.39, 0.29) is 0 Å². The molecule has 1 heterocycles. The summed E-state index contributed by atoms with van der Waals surface area (Å²) in [6.07, 6.45) is 1.26. The van der Waals surface area contributed by atoms with Crippen LogP contribution in [0.1, 0.15) is 6.42 Å². The summed E-state index contributed by atoms with van der Waals surface area (Å²) in [5.74, 6) is -1.64. The number of hydrogen-bond donors (Lipinski definition) is 4. The van der Waals surface area contributed by atoms with Crippen LogP contribution in [0.5, 0.6) is 0 Å². The van der Waals surface area contributed by atoms with Crippen molar-refractivity contribution in [1.29, 1.82) is 0 Å². The van der Waals surface area contributed by atoms with E-state index in [9.17, 15) is 9.59 Å². The smallest absolute Gasteiger partial charge is 0.305 e. The van der Waals surface area contributed by atoms with E-state index in [0.29, 0.717) is 5.69 Å². The highest BCUT2D eigenvalue weighted by atomic mass is 16.4. The summed E-state index contributed by atoms with van der Waals surface area (Å²) < 4.78 is 0. The van der Waals surface area contributed by atoms with Crippen molar-refractivity contribution >= 4 is 28.5 Å². The minimum atomic E-state index is -1.11. The molecule has 0 aliphatic carbocycles. The summed E-state index contributed by atoms with van der Waals surface area (Å²) >= 11 is 0. The summed E-state index contributed by atoms with van der Waals surface area (Å²) in [7, 11) is 0. The number of aromatic amines is 1. The van der Waals surface area contributed by atoms with Crippen molar-refractivity contribution in [2.45, 2.75) is 12.5 Å². The highest BCUT2D eigenvalue weighted by Gasteiger charge is 2.17. The van der Waals surface area contributed by atoms with Gasteiger partial charge < -0.3 is 16.2 Å². The first-order chi connectivity index (χ1) is 8.56. The zero-order chi connectivity index (χ0) is 13.1. The Balaban J connectivity index is 2.08. The Bertz CT molecular complexity index is 593. The number of rotatable bonds is 4. The molecule has 0 radical (unpaired) electrons. The standard InChI is InChI=1S/C11H12N4O3/c12-8(4-10(16)17)11(18)14-7-2-1-6-5-13-15-9(6)3-7/h1-3,5,8H,4,12H2,(H,13,15)(H,14,18)(H,16,17). The zero-order valence-corrected chi connectivity index (χ0v) is 9.38. The maximum absolute atomic E-state index is 11.6. The lowest BCUT2D eigenvalue weighted by atomic mass is 10.2. The van der Waals surface area contributed by atoms with Gasteiger partial charge in [-0.1, -0.05) is 0 Å². The highest BCUT2D eigenvalue weighted by molar-refractivity contribution is 5.98. The second-order valence-corrected chi connectivity index (χ2v) is 3.87. The van der Waals surface area contributed by atoms with E-state index in [1.165, 1.54) is 0 Å². The number of nitrogens with one attached hydrogen (secondary N) is 2. The number of aromatic nitrogens is 2. The third kappa shape index (κ3) is 2.64. The fraction of sp³-hybridized carbons (Fsp3) is 0.182. The summed E-state index contributed by atoms with van der Waals surface area (Å²) in [4.78, 5) is 22.0. The second kappa shape index (κ2) is 4.84. The molecule has 0 aliphatic heterocycles. The lowest BCUT2D eigenvalue weighted by molar-refractivity contribution is -0.138. The predicted molar refractivity (Wildman–Crippen MR) is 65.0 cm³/mol. The maximum atomic E-state index is 11.6. The SMILES string of the molecule is NC(CC(=O)O)C(=O)Nc1ccc2cn[nH]c2c1. The molecule has 0 spiro atoms. The van der Waals surface area contributed by atoms with Crippen LogP contribution in [0.25, 0.3) is 10.9 Å². The first-order valence-electron chi connectivity index (χ1n) is 5.27. The van der Waals surface area contributed by atoms with Gasteiger partial charge >= 0.3 is 5.97 Å². The number of H-pyrrole nitrogens is 1. The number of anilines is 1. The Morgan fingerprint density at radius 3 is 3.00 bits per heavy atom. The molecule has 1 amide bonds. The second-order valence-electron chi connectivity index (χ2n) is 3.87. The third-order valence-corrected chi connectivity index (χ3v) is 2.44. The molecular formula is C11H12N4O3. The fourth-order valence-electron chi connectivity index (χ4n) is 1.53. The summed E-state index contributed by atoms with van der Waals surface area (Å²) in [6.45, 7) is 0. The van der Waals surface area contributed by atoms with Crippen molar-refractivity contribution in [3.8, 4) is 0 Å². The van der Waals surface area contributed by atoms with Gasteiger partial charge in [0.25, 0.3) is 0 Å². The molecule has 18 heavy (non-hydrogen) atoms. The first-order valence-corrected chi connectivity index (χ1v) is 5.27. The van der Waals surface area contributed by atoms with Crippen LogP contribution in [0.4, 0.5) is 5.69 Å². The lowest BCUT2D eigenvalue weighted by Crippen LogP contribution is -2.37. The molecule has 0 fully saturated rings. The average molecular weight is 248 g/mol. The Morgan fingerprint density at radius 2 is 2.28 bits per heavy atom. The molecule has 1 aromatic heterocycles. The molecule has 7 nitrogen and oxygen atoms in total. The number of nitrogens with zero attached hydrogens (tertiary/aromatic N) is 1. The number of nitrogens with two attached hydrogens (primary N) is 1. The first kappa shape index (κ1) is 12.1. The van der Waals surface area contributed by atoms with Crippen LogP contribution in [0.3, 0.4) is 0 Å². The van der Waals surface area contributed by atoms with Crippen LogP contribution in [0, 0.1) is 0 Å². The molecule has 94 valence electrons. The molecule has 0 saturated heterocycles. The molecule has 1 atom stereocenters. The Morgan fingerprint density at radius 1 is 1.50 bits per heavy atom. The third-order valence-electron chi connectivity index (χ3n) is 2.44. The summed E-state index contributed by atoms with van der Waals surface area (Å²) in [5, 5.41) is 18.6. The number of fused-ring (bicyclic) bond motifs is 1. The van der Waals surface area contributed by atoms with Crippen molar-refractivity contribution in [3.63, 3.8) is 0 Å². The van der Waals surface area contributed by atoms with E-state index in [0.717, 1.165) is 10.9 Å². The Kier molecular flexibility index (Phi) is 3.24. The van der Waals surface area contributed by atoms with Gasteiger partial charge in [0.1, 0.15) is 0 Å². The maximum Gasteiger partial charge on any atom is 0.305 e. The van der Waals surface area contributed by atoms with Gasteiger partial charge in [0, 0.05) is 11.1 Å². The number of amides is 1. The minimum absolute atomic E-state index is 0.405. The Labute approximate surface area is 102 Å². The zero-order valence-electron chi connectivity index (χ0n) is 9.38. The van der Waals surface area contributed by atoms with Crippen LogP contribution in [0.2, 0.25) is 0 Å². The van der Waals surface area contributed by atoms with E-state index in [1.807, 2.05) is 0 Å². The number of hydrogen-bond acceptors (Lipinski definition) is 4. The van der Waals surface area contributed by atoms with Crippen molar-refractivity contribution in [1.82, 2.24) is 10.2 Å². The van der Waals surface area contributed by atoms with E-state index in [2.05, 4.69) is 15.5 Å². The number of benzene rings is 1. The molecule has 2 aromatic rings. The van der Waals surface area contributed by atoms with Gasteiger partial charge in [0.2, 0.25) is 5.91 Å². The van der Waals surface area contributed by atoms with Crippen molar-refractivity contribution in [2.75, 3.05) is 5.32 Å². The largest absolute Gasteiger partial charge is 0.481 e. The molecule has 1 unspecified atom stereocenters. The van der Waals surface area contributed by atoms with Gasteiger partial charge in [0.05, 0.1) is 24.2 Å². The number of carboxylic acids is 1. The Hall–Kier alpha value is -2.41. The van der Waals surface area contributed by atoms with Gasteiger partial charge in [-0.3, -0.25) is 14.7 Å². The number of carbonyl (C=O) groups is 2. The van der Waals surface area contributed by atoms with E-state index >= 15 is 0 Å². The van der Waals surface area contributed by atoms with Crippen molar-refractivity contribution in [3.05, 3.63) is 24.4 Å². The van der Waals surface area contributed by atoms with Gasteiger partial charge in [-0.25, -0.2) is 0 Å². The van der Waals surface area contributed by atoms with Crippen LogP contribution in [-0.2, 0) is 9.59 Å². The lowest BCUT2D eigenvalue weighted by Gasteiger charge is -2.10. The molecule has 5 N–H and O–H groups in total. The van der Waals surface area contributed by atoms with Crippen LogP contribution < -0.4 is 11.1 Å². The van der Waals surface area contributed by atoms with E-state index in [4.69, 9.17) is 10.8 Å². The molecule has 2 rings (SSSR count). The number of carbonyl (C=O) groups excluding carboxylic acids is 1. The van der Waals surface area contributed by atoms with Gasteiger partial charge in [-0.15, -0.1) is 0 Å². The van der Waals surface area contributed by atoms with Gasteiger partial charge in [-0.05, 0) is 18.2 Å². The monoisotopic (exact) mass is 248 g/mol. The summed E-state index contributed by atoms with van der Waals surface area (Å²) in [6, 6.07) is 4.12. The predicted octanol–water partition coefficient (Wildman–Crippen LogP) is 0.303. The molecule has 0 saturated carbocycles. The van der Waals surface area contributed by atoms with Crippen LogP contribution in [0.15, 0.2) is 24.4 Å². The molecule has 0 aliphatic rings. The molecule has 0 bridgehead atoms. The topological polar surface area (TPSA) is 121 Å². The van der Waals surface area contributed by atoms with Gasteiger partial charge in [0.15, 0.2) is 0 Å². The van der Waals surface area contributed by atoms with Crippen molar-refractivity contribution in [2.24, 2.45) is 5.73 Å². The molecule has 7 heteroatoms. The minimum Gasteiger partial charge on any atom is -0.481 e. The van der Waals surface area contributed by atoms with E-state index < -0.39 is 24.3 Å². The number of carboxylic acid groups (broad SMARTS) is 1. The van der Waals surface area contributed by atoms with Crippen molar-refractivity contribution < 1.29 is 14.7 Å². The quantitative estimate of drug-likeness (QED) is 0.620. The number of aliphatic carboxylic acids is 1. The fourth-order valence-corrected chi connectivity index (χ4v) is 1.53. The van der Waals surface area contributed by atoms with E-state index in [1.54, 1.807) is 24.4 Å². The van der Waals surface area contributed by atoms with Gasteiger partial charge in [-0.2, -0.15) is 5.10 Å². The summed E-state index contributed by atoms with van der Waals surface area (Å²) in [5.41, 5.74) is 6.76. The van der Waals surface area contributed by atoms with Crippen LogP contribution >= 0.6 is 0 Å².